The summed E-state index contributed by atoms with van der Waals surface area (Å²) in [6, 6.07) is 23.4. The number of carboxylic acids is 1. The van der Waals surface area contributed by atoms with E-state index in [-0.39, 0.29) is 31.7 Å². The monoisotopic (exact) mass is 460 g/mol. The van der Waals surface area contributed by atoms with Crippen LogP contribution >= 0.6 is 0 Å². The number of rotatable bonds is 11. The Balaban J connectivity index is 1.83. The second-order valence-electron chi connectivity index (χ2n) is 7.97. The van der Waals surface area contributed by atoms with Crippen molar-refractivity contribution in [3.63, 3.8) is 0 Å². The van der Waals surface area contributed by atoms with Gasteiger partial charge in [0.2, 0.25) is 11.8 Å². The van der Waals surface area contributed by atoms with Gasteiger partial charge >= 0.3 is 5.97 Å². The highest BCUT2D eigenvalue weighted by Crippen LogP contribution is 2.22. The highest BCUT2D eigenvalue weighted by Gasteiger charge is 2.30. The Morgan fingerprint density at radius 2 is 1.59 bits per heavy atom. The number of amides is 2. The molecule has 7 nitrogen and oxygen atoms in total. The van der Waals surface area contributed by atoms with Gasteiger partial charge in [-0.1, -0.05) is 66.7 Å². The van der Waals surface area contributed by atoms with E-state index in [0.717, 1.165) is 22.3 Å². The molecule has 0 saturated carbocycles. The molecule has 0 aliphatic heterocycles. The van der Waals surface area contributed by atoms with Crippen LogP contribution < -0.4 is 10.5 Å². The SMILES string of the molecule is COc1cccc(CN(C(=O)Cc2ccc(-c3ccccc3)cc2)[C@@H](CCC(N)=O)C(=O)O)c1. The molecule has 34 heavy (non-hydrogen) atoms. The fourth-order valence-electron chi connectivity index (χ4n) is 3.75. The van der Waals surface area contributed by atoms with Crippen molar-refractivity contribution in [3.05, 3.63) is 90.0 Å². The van der Waals surface area contributed by atoms with Gasteiger partial charge in [-0.3, -0.25) is 9.59 Å². The van der Waals surface area contributed by atoms with Crippen LogP contribution in [0.15, 0.2) is 78.9 Å². The van der Waals surface area contributed by atoms with Crippen molar-refractivity contribution < 1.29 is 24.2 Å². The smallest absolute Gasteiger partial charge is 0.326 e. The van der Waals surface area contributed by atoms with Crippen LogP contribution in [-0.2, 0) is 27.3 Å². The maximum absolute atomic E-state index is 13.3. The van der Waals surface area contributed by atoms with Crippen LogP contribution in [0.25, 0.3) is 11.1 Å². The molecule has 0 unspecified atom stereocenters. The first kappa shape index (κ1) is 24.5. The second-order valence-corrected chi connectivity index (χ2v) is 7.97. The molecule has 0 aromatic heterocycles. The Labute approximate surface area is 198 Å². The van der Waals surface area contributed by atoms with Crippen LogP contribution in [0.1, 0.15) is 24.0 Å². The van der Waals surface area contributed by atoms with E-state index in [1.54, 1.807) is 24.3 Å². The molecule has 0 aliphatic carbocycles. The molecule has 2 amide bonds. The molecule has 7 heteroatoms. The molecule has 0 spiro atoms. The first-order chi connectivity index (χ1) is 16.4. The first-order valence-electron chi connectivity index (χ1n) is 10.9. The van der Waals surface area contributed by atoms with Gasteiger partial charge in [0.05, 0.1) is 13.5 Å². The largest absolute Gasteiger partial charge is 0.497 e. The van der Waals surface area contributed by atoms with Crippen molar-refractivity contribution in [2.45, 2.75) is 31.8 Å². The summed E-state index contributed by atoms with van der Waals surface area (Å²) in [7, 11) is 1.54. The number of aliphatic carboxylic acids is 1. The highest BCUT2D eigenvalue weighted by molar-refractivity contribution is 5.85. The van der Waals surface area contributed by atoms with E-state index < -0.39 is 17.9 Å². The summed E-state index contributed by atoms with van der Waals surface area (Å²) < 4.78 is 5.25. The molecule has 0 radical (unpaired) electrons. The van der Waals surface area contributed by atoms with Gasteiger partial charge in [0, 0.05) is 13.0 Å². The van der Waals surface area contributed by atoms with E-state index in [1.807, 2.05) is 54.6 Å². The lowest BCUT2D eigenvalue weighted by Crippen LogP contribution is -2.45. The number of ether oxygens (including phenoxy) is 1. The number of carbonyl (C=O) groups excluding carboxylic acids is 2. The number of hydrogen-bond donors (Lipinski definition) is 2. The molecule has 0 bridgehead atoms. The maximum atomic E-state index is 13.3. The van der Waals surface area contributed by atoms with Gasteiger partial charge in [-0.15, -0.1) is 0 Å². The lowest BCUT2D eigenvalue weighted by Gasteiger charge is -2.29. The summed E-state index contributed by atoms with van der Waals surface area (Å²) in [4.78, 5) is 38.0. The minimum Gasteiger partial charge on any atom is -0.497 e. The number of carboxylic acid groups (broad SMARTS) is 1. The lowest BCUT2D eigenvalue weighted by molar-refractivity contribution is -0.151. The molecule has 0 fully saturated rings. The Hall–Kier alpha value is -4.13. The van der Waals surface area contributed by atoms with Crippen LogP contribution in [0, 0.1) is 0 Å². The zero-order valence-electron chi connectivity index (χ0n) is 19.0. The van der Waals surface area contributed by atoms with E-state index in [4.69, 9.17) is 10.5 Å². The number of hydrogen-bond acceptors (Lipinski definition) is 4. The normalized spacial score (nSPS) is 11.4. The van der Waals surface area contributed by atoms with E-state index >= 15 is 0 Å². The number of benzene rings is 3. The summed E-state index contributed by atoms with van der Waals surface area (Å²) in [5.74, 6) is -1.55. The van der Waals surface area contributed by atoms with Gasteiger partial charge in [-0.25, -0.2) is 4.79 Å². The molecule has 3 aromatic rings. The molecule has 3 N–H and O–H groups in total. The van der Waals surface area contributed by atoms with Gasteiger partial charge in [0.1, 0.15) is 11.8 Å². The average Bonchev–Trinajstić information content (AvgIpc) is 2.84. The summed E-state index contributed by atoms with van der Waals surface area (Å²) in [6.07, 6.45) is -0.169. The molecular weight excluding hydrogens is 432 g/mol. The minimum absolute atomic E-state index is 0.0272. The highest BCUT2D eigenvalue weighted by atomic mass is 16.5. The summed E-state index contributed by atoms with van der Waals surface area (Å²) in [5.41, 5.74) is 8.81. The maximum Gasteiger partial charge on any atom is 0.326 e. The van der Waals surface area contributed by atoms with Crippen LogP contribution in [0.2, 0.25) is 0 Å². The molecular formula is C27H28N2O5. The van der Waals surface area contributed by atoms with Crippen LogP contribution in [0.5, 0.6) is 5.75 Å². The summed E-state index contributed by atoms with van der Waals surface area (Å²) in [6.45, 7) is 0.0634. The number of carbonyl (C=O) groups is 3. The van der Waals surface area contributed by atoms with E-state index in [9.17, 15) is 19.5 Å². The Morgan fingerprint density at radius 3 is 2.21 bits per heavy atom. The van der Waals surface area contributed by atoms with Crippen molar-refractivity contribution >= 4 is 17.8 Å². The Bertz CT molecular complexity index is 1130. The zero-order valence-corrected chi connectivity index (χ0v) is 19.0. The molecule has 3 aromatic carbocycles. The Kier molecular flexibility index (Phi) is 8.40. The van der Waals surface area contributed by atoms with Gasteiger partial charge in [-0.05, 0) is 40.8 Å². The topological polar surface area (TPSA) is 110 Å². The predicted octanol–water partition coefficient (Wildman–Crippen LogP) is 3.65. The van der Waals surface area contributed by atoms with Crippen molar-refractivity contribution in [2.75, 3.05) is 7.11 Å². The van der Waals surface area contributed by atoms with Crippen molar-refractivity contribution in [1.82, 2.24) is 4.90 Å². The van der Waals surface area contributed by atoms with Gasteiger partial charge in [-0.2, -0.15) is 0 Å². The van der Waals surface area contributed by atoms with Crippen molar-refractivity contribution in [3.8, 4) is 16.9 Å². The third-order valence-electron chi connectivity index (χ3n) is 5.55. The van der Waals surface area contributed by atoms with Gasteiger partial charge < -0.3 is 20.5 Å². The van der Waals surface area contributed by atoms with Crippen molar-refractivity contribution in [1.29, 1.82) is 0 Å². The van der Waals surface area contributed by atoms with Crippen LogP contribution in [-0.4, -0.2) is 40.9 Å². The zero-order chi connectivity index (χ0) is 24.5. The van der Waals surface area contributed by atoms with Crippen molar-refractivity contribution in [2.24, 2.45) is 5.73 Å². The fourth-order valence-corrected chi connectivity index (χ4v) is 3.75. The Morgan fingerprint density at radius 1 is 0.912 bits per heavy atom. The number of nitrogens with two attached hydrogens (primary N) is 1. The van der Waals surface area contributed by atoms with Crippen LogP contribution in [0.3, 0.4) is 0 Å². The number of primary amides is 1. The summed E-state index contributed by atoms with van der Waals surface area (Å²) in [5, 5.41) is 9.84. The summed E-state index contributed by atoms with van der Waals surface area (Å²) >= 11 is 0. The average molecular weight is 461 g/mol. The quantitative estimate of drug-likeness (QED) is 0.454. The third kappa shape index (κ3) is 6.68. The standard InChI is InChI=1S/C27H28N2O5/c1-34-23-9-5-6-20(16-23)18-29(24(27(32)33)14-15-25(28)30)26(31)17-19-10-12-22(13-11-19)21-7-3-2-4-8-21/h2-13,16,24H,14-15,17-18H2,1H3,(H2,28,30)(H,32,33)/t24-/m0/s1. The van der Waals surface area contributed by atoms with E-state index in [0.29, 0.717) is 5.75 Å². The number of nitrogens with zero attached hydrogens (tertiary/aromatic N) is 1. The molecule has 0 saturated heterocycles. The van der Waals surface area contributed by atoms with E-state index in [2.05, 4.69) is 0 Å². The fraction of sp³-hybridized carbons (Fsp3) is 0.222. The molecule has 176 valence electrons. The van der Waals surface area contributed by atoms with E-state index in [1.165, 1.54) is 12.0 Å². The number of methoxy groups -OCH3 is 1. The molecule has 0 heterocycles. The molecule has 1 atom stereocenters. The van der Waals surface area contributed by atoms with Crippen LogP contribution in [0.4, 0.5) is 0 Å². The minimum atomic E-state index is -1.19. The van der Waals surface area contributed by atoms with Gasteiger partial charge in [0.15, 0.2) is 0 Å². The first-order valence-corrected chi connectivity index (χ1v) is 10.9. The lowest BCUT2D eigenvalue weighted by atomic mass is 10.0. The second kappa shape index (κ2) is 11.7. The predicted molar refractivity (Wildman–Crippen MR) is 129 cm³/mol. The molecule has 0 aliphatic rings. The third-order valence-corrected chi connectivity index (χ3v) is 5.55. The molecule has 3 rings (SSSR count). The van der Waals surface area contributed by atoms with Gasteiger partial charge in [0.25, 0.3) is 0 Å².